The number of halogens is 1. The second kappa shape index (κ2) is 6.63. The minimum atomic E-state index is -0.420. The average Bonchev–Trinajstić information content (AvgIpc) is 3.11. The van der Waals surface area contributed by atoms with Crippen molar-refractivity contribution >= 4 is 34.3 Å². The Morgan fingerprint density at radius 2 is 1.42 bits per heavy atom. The number of anilines is 4. The zero-order valence-electron chi connectivity index (χ0n) is 13.6. The number of hydrogen-bond acceptors (Lipinski definition) is 8. The van der Waals surface area contributed by atoms with Gasteiger partial charge in [-0.1, -0.05) is 24.3 Å². The van der Waals surface area contributed by atoms with E-state index in [0.29, 0.717) is 17.3 Å². The van der Waals surface area contributed by atoms with Crippen LogP contribution in [0.5, 0.6) is 5.75 Å². The molecule has 0 radical (unpaired) electrons. The summed E-state index contributed by atoms with van der Waals surface area (Å²) < 4.78 is 24.0. The summed E-state index contributed by atoms with van der Waals surface area (Å²) in [4.78, 5) is 8.66. The van der Waals surface area contributed by atoms with Crippen LogP contribution in [0.15, 0.2) is 53.2 Å². The second-order valence-corrected chi connectivity index (χ2v) is 5.26. The number of benzene rings is 2. The molecule has 8 nitrogen and oxygen atoms in total. The standard InChI is InChI=1S/C17H13FN6O2/c1-25-13-9-5-4-8-12(13)20-15-14(19-11-7-3-2-6-10(11)18)21-16-17(22-15)24-26-23-16/h2-9H,1H3,(H,19,21,23)(H,20,22,24). The van der Waals surface area contributed by atoms with Gasteiger partial charge in [-0.15, -0.1) is 0 Å². The number of nitrogens with one attached hydrogen (secondary N) is 2. The van der Waals surface area contributed by atoms with E-state index in [0.717, 1.165) is 0 Å². The minimum absolute atomic E-state index is 0.203. The molecule has 0 aliphatic rings. The van der Waals surface area contributed by atoms with Gasteiger partial charge in [-0.05, 0) is 34.6 Å². The molecule has 2 heterocycles. The van der Waals surface area contributed by atoms with Crippen molar-refractivity contribution in [2.45, 2.75) is 0 Å². The van der Waals surface area contributed by atoms with Crippen LogP contribution < -0.4 is 15.4 Å². The highest BCUT2D eigenvalue weighted by molar-refractivity contribution is 5.80. The molecular weight excluding hydrogens is 339 g/mol. The van der Waals surface area contributed by atoms with Gasteiger partial charge >= 0.3 is 0 Å². The summed E-state index contributed by atoms with van der Waals surface area (Å²) >= 11 is 0. The first-order valence-electron chi connectivity index (χ1n) is 7.66. The van der Waals surface area contributed by atoms with Crippen LogP contribution in [-0.2, 0) is 0 Å². The molecule has 2 aromatic carbocycles. The van der Waals surface area contributed by atoms with Crippen LogP contribution in [0.25, 0.3) is 11.3 Å². The third-order valence-corrected chi connectivity index (χ3v) is 3.60. The Bertz CT molecular complexity index is 1070. The number of fused-ring (bicyclic) bond motifs is 1. The quantitative estimate of drug-likeness (QED) is 0.562. The van der Waals surface area contributed by atoms with Crippen LogP contribution in [0.1, 0.15) is 0 Å². The fourth-order valence-corrected chi connectivity index (χ4v) is 2.38. The van der Waals surface area contributed by atoms with Gasteiger partial charge in [0.15, 0.2) is 11.6 Å². The molecule has 2 aromatic heterocycles. The van der Waals surface area contributed by atoms with Crippen molar-refractivity contribution in [3.8, 4) is 5.75 Å². The number of methoxy groups -OCH3 is 1. The molecule has 2 N–H and O–H groups in total. The van der Waals surface area contributed by atoms with E-state index in [2.05, 4.69) is 35.5 Å². The van der Waals surface area contributed by atoms with E-state index in [4.69, 9.17) is 4.74 Å². The van der Waals surface area contributed by atoms with Crippen LogP contribution >= 0.6 is 0 Å². The molecular formula is C17H13FN6O2. The zero-order valence-corrected chi connectivity index (χ0v) is 13.6. The predicted molar refractivity (Wildman–Crippen MR) is 93.4 cm³/mol. The van der Waals surface area contributed by atoms with Gasteiger partial charge in [0, 0.05) is 0 Å². The minimum Gasteiger partial charge on any atom is -0.495 e. The number of ether oxygens (including phenoxy) is 1. The molecule has 4 rings (SSSR count). The van der Waals surface area contributed by atoms with Crippen molar-refractivity contribution in [2.24, 2.45) is 0 Å². The van der Waals surface area contributed by atoms with Gasteiger partial charge in [0.2, 0.25) is 11.3 Å². The van der Waals surface area contributed by atoms with Gasteiger partial charge < -0.3 is 15.4 Å². The first kappa shape index (κ1) is 15.8. The fraction of sp³-hybridized carbons (Fsp3) is 0.0588. The lowest BCUT2D eigenvalue weighted by Crippen LogP contribution is -2.05. The summed E-state index contributed by atoms with van der Waals surface area (Å²) in [6, 6.07) is 13.6. The molecule has 0 unspecified atom stereocenters. The van der Waals surface area contributed by atoms with E-state index >= 15 is 0 Å². The van der Waals surface area contributed by atoms with Gasteiger partial charge in [-0.25, -0.2) is 19.0 Å². The van der Waals surface area contributed by atoms with E-state index in [1.165, 1.54) is 6.07 Å². The number of hydrogen-bond donors (Lipinski definition) is 2. The Hall–Kier alpha value is -3.75. The summed E-state index contributed by atoms with van der Waals surface area (Å²) in [6.45, 7) is 0. The third-order valence-electron chi connectivity index (χ3n) is 3.60. The van der Waals surface area contributed by atoms with Crippen LogP contribution in [0.3, 0.4) is 0 Å². The maximum absolute atomic E-state index is 14.0. The Morgan fingerprint density at radius 1 is 0.846 bits per heavy atom. The molecule has 4 aromatic rings. The molecule has 0 atom stereocenters. The first-order valence-corrected chi connectivity index (χ1v) is 7.66. The summed E-state index contributed by atoms with van der Waals surface area (Å²) in [7, 11) is 1.56. The largest absolute Gasteiger partial charge is 0.495 e. The van der Waals surface area contributed by atoms with Crippen molar-refractivity contribution in [1.82, 2.24) is 20.3 Å². The maximum Gasteiger partial charge on any atom is 0.245 e. The number of nitrogens with zero attached hydrogens (tertiary/aromatic N) is 4. The van der Waals surface area contributed by atoms with Gasteiger partial charge in [0.25, 0.3) is 0 Å². The molecule has 130 valence electrons. The Morgan fingerprint density at radius 3 is 2.08 bits per heavy atom. The van der Waals surface area contributed by atoms with Crippen molar-refractivity contribution < 1.29 is 13.8 Å². The summed E-state index contributed by atoms with van der Waals surface area (Å²) in [6.07, 6.45) is 0. The summed E-state index contributed by atoms with van der Waals surface area (Å²) in [5.41, 5.74) is 1.34. The average molecular weight is 352 g/mol. The van der Waals surface area contributed by atoms with Crippen LogP contribution in [0, 0.1) is 5.82 Å². The van der Waals surface area contributed by atoms with Crippen molar-refractivity contribution in [1.29, 1.82) is 0 Å². The van der Waals surface area contributed by atoms with Crippen molar-refractivity contribution in [3.05, 3.63) is 54.3 Å². The van der Waals surface area contributed by atoms with Crippen molar-refractivity contribution in [3.63, 3.8) is 0 Å². The van der Waals surface area contributed by atoms with E-state index in [-0.39, 0.29) is 22.8 Å². The van der Waals surface area contributed by atoms with Crippen molar-refractivity contribution in [2.75, 3.05) is 17.7 Å². The Labute approximate surface area is 147 Å². The van der Waals surface area contributed by atoms with Crippen LogP contribution in [0.2, 0.25) is 0 Å². The number of aromatic nitrogens is 4. The van der Waals surface area contributed by atoms with E-state index in [1.807, 2.05) is 18.2 Å². The lowest BCUT2D eigenvalue weighted by Gasteiger charge is -2.14. The monoisotopic (exact) mass is 352 g/mol. The Kier molecular flexibility index (Phi) is 4.02. The zero-order chi connectivity index (χ0) is 17.9. The smallest absolute Gasteiger partial charge is 0.245 e. The van der Waals surface area contributed by atoms with Crippen LogP contribution in [-0.4, -0.2) is 27.4 Å². The van der Waals surface area contributed by atoms with Gasteiger partial charge in [0.05, 0.1) is 18.5 Å². The van der Waals surface area contributed by atoms with E-state index in [1.54, 1.807) is 31.4 Å². The molecule has 0 fully saturated rings. The molecule has 0 aliphatic heterocycles. The highest BCUT2D eigenvalue weighted by atomic mass is 19.1. The van der Waals surface area contributed by atoms with Gasteiger partial charge in [-0.3, -0.25) is 0 Å². The molecule has 0 amide bonds. The van der Waals surface area contributed by atoms with E-state index in [9.17, 15) is 4.39 Å². The second-order valence-electron chi connectivity index (χ2n) is 5.26. The topological polar surface area (TPSA) is 98.0 Å². The normalized spacial score (nSPS) is 10.7. The van der Waals surface area contributed by atoms with Crippen LogP contribution in [0.4, 0.5) is 27.4 Å². The molecule has 0 aliphatic carbocycles. The SMILES string of the molecule is COc1ccccc1Nc1nc2nonc2nc1Nc1ccccc1F. The molecule has 0 bridgehead atoms. The summed E-state index contributed by atoms with van der Waals surface area (Å²) in [5.74, 6) is 0.783. The lowest BCUT2D eigenvalue weighted by atomic mass is 10.3. The summed E-state index contributed by atoms with van der Waals surface area (Å²) in [5, 5.41) is 13.4. The highest BCUT2D eigenvalue weighted by Gasteiger charge is 2.15. The lowest BCUT2D eigenvalue weighted by molar-refractivity contribution is 0.314. The highest BCUT2D eigenvalue weighted by Crippen LogP contribution is 2.31. The molecule has 9 heteroatoms. The molecule has 0 saturated heterocycles. The molecule has 0 saturated carbocycles. The number of rotatable bonds is 5. The molecule has 26 heavy (non-hydrogen) atoms. The predicted octanol–water partition coefficient (Wildman–Crippen LogP) is 3.65. The van der Waals surface area contributed by atoms with Gasteiger partial charge in [0.1, 0.15) is 11.6 Å². The molecule has 0 spiro atoms. The van der Waals surface area contributed by atoms with Gasteiger partial charge in [-0.2, -0.15) is 0 Å². The van der Waals surface area contributed by atoms with E-state index < -0.39 is 5.82 Å². The fourth-order valence-electron chi connectivity index (χ4n) is 2.38. The Balaban J connectivity index is 1.78. The first-order chi connectivity index (χ1) is 12.7. The maximum atomic E-state index is 14.0. The third kappa shape index (κ3) is 2.97. The number of para-hydroxylation sites is 3.